The quantitative estimate of drug-likeness (QED) is 0.208. The molecule has 0 aliphatic heterocycles. The van der Waals surface area contributed by atoms with Crippen LogP contribution in [0.4, 0.5) is 13.2 Å². The molecule has 37 heavy (non-hydrogen) atoms. The SMILES string of the molecule is CC=C(C)c1ccc2ccccc2c1-c1ccc(C(F)(F)F)cc1P(c1ccccc1)c1ccccc1. The Balaban J connectivity index is 1.91. The van der Waals surface area contributed by atoms with Crippen LogP contribution in [0.15, 0.2) is 121 Å². The van der Waals surface area contributed by atoms with Crippen molar-refractivity contribution in [3.63, 3.8) is 0 Å². The van der Waals surface area contributed by atoms with Crippen molar-refractivity contribution in [2.45, 2.75) is 20.0 Å². The van der Waals surface area contributed by atoms with E-state index in [4.69, 9.17) is 0 Å². The van der Waals surface area contributed by atoms with Crippen LogP contribution >= 0.6 is 7.92 Å². The number of alkyl halides is 3. The summed E-state index contributed by atoms with van der Waals surface area (Å²) in [5.41, 5.74) is 3.28. The molecule has 0 atom stereocenters. The first-order chi connectivity index (χ1) is 17.9. The fourth-order valence-electron chi connectivity index (χ4n) is 4.73. The fourth-order valence-corrected chi connectivity index (χ4v) is 7.22. The second-order valence-electron chi connectivity index (χ2n) is 8.92. The van der Waals surface area contributed by atoms with Gasteiger partial charge in [-0.15, -0.1) is 0 Å². The van der Waals surface area contributed by atoms with Gasteiger partial charge in [0.25, 0.3) is 0 Å². The largest absolute Gasteiger partial charge is 0.416 e. The van der Waals surface area contributed by atoms with Crippen LogP contribution < -0.4 is 15.9 Å². The molecule has 0 spiro atoms. The molecule has 5 rings (SSSR count). The lowest BCUT2D eigenvalue weighted by molar-refractivity contribution is -0.137. The van der Waals surface area contributed by atoms with Crippen molar-refractivity contribution in [3.8, 4) is 11.1 Å². The van der Waals surface area contributed by atoms with E-state index in [0.29, 0.717) is 5.30 Å². The maximum absolute atomic E-state index is 14.1. The van der Waals surface area contributed by atoms with E-state index in [1.54, 1.807) is 6.07 Å². The highest BCUT2D eigenvalue weighted by Gasteiger charge is 2.33. The number of fused-ring (bicyclic) bond motifs is 1. The first kappa shape index (κ1) is 25.0. The fraction of sp³-hybridized carbons (Fsp3) is 0.0909. The number of halogens is 3. The average molecular weight is 511 g/mol. The number of hydrogen-bond acceptors (Lipinski definition) is 0. The van der Waals surface area contributed by atoms with E-state index in [0.717, 1.165) is 43.6 Å². The van der Waals surface area contributed by atoms with Gasteiger partial charge in [0.2, 0.25) is 0 Å². The molecule has 0 aliphatic rings. The summed E-state index contributed by atoms with van der Waals surface area (Å²) >= 11 is 0. The third-order valence-corrected chi connectivity index (χ3v) is 9.13. The first-order valence-electron chi connectivity index (χ1n) is 12.2. The molecule has 0 amide bonds. The smallest absolute Gasteiger partial charge is 0.166 e. The van der Waals surface area contributed by atoms with E-state index in [2.05, 4.69) is 37.3 Å². The summed E-state index contributed by atoms with van der Waals surface area (Å²) in [7, 11) is -1.26. The Morgan fingerprint density at radius 2 is 1.30 bits per heavy atom. The highest BCUT2D eigenvalue weighted by Crippen LogP contribution is 2.43. The highest BCUT2D eigenvalue weighted by atomic mass is 31.1. The zero-order chi connectivity index (χ0) is 26.0. The van der Waals surface area contributed by atoms with Gasteiger partial charge < -0.3 is 0 Å². The Labute approximate surface area is 216 Å². The van der Waals surface area contributed by atoms with Gasteiger partial charge in [0.15, 0.2) is 0 Å². The van der Waals surface area contributed by atoms with E-state index >= 15 is 0 Å². The van der Waals surface area contributed by atoms with E-state index in [1.165, 1.54) is 12.1 Å². The molecule has 5 aromatic carbocycles. The van der Waals surface area contributed by atoms with Gasteiger partial charge in [0, 0.05) is 0 Å². The number of hydrogen-bond donors (Lipinski definition) is 0. The van der Waals surface area contributed by atoms with Crippen molar-refractivity contribution in [2.24, 2.45) is 0 Å². The molecule has 0 saturated carbocycles. The summed E-state index contributed by atoms with van der Waals surface area (Å²) in [5.74, 6) is 0. The standard InChI is InChI=1S/C33H26F3P/c1-3-23(2)28-20-18-24-12-10-11-17-29(24)32(28)30-21-19-25(33(34,35)36)22-31(30)37(26-13-6-4-7-14-26)27-15-8-5-9-16-27/h3-22H,1-2H3. The van der Waals surface area contributed by atoms with Gasteiger partial charge in [0.05, 0.1) is 5.56 Å². The average Bonchev–Trinajstić information content (AvgIpc) is 2.93. The molecular formula is C33H26F3P. The normalized spacial score (nSPS) is 12.3. The molecule has 0 nitrogen and oxygen atoms in total. The molecule has 0 aliphatic carbocycles. The van der Waals surface area contributed by atoms with E-state index in [9.17, 15) is 13.2 Å². The molecule has 184 valence electrons. The summed E-state index contributed by atoms with van der Waals surface area (Å²) in [6.45, 7) is 4.04. The summed E-state index contributed by atoms with van der Waals surface area (Å²) < 4.78 is 42.3. The van der Waals surface area contributed by atoms with E-state index < -0.39 is 19.7 Å². The Kier molecular flexibility index (Phi) is 7.00. The Hall–Kier alpha value is -3.68. The molecule has 0 bridgehead atoms. The minimum atomic E-state index is -4.44. The Bertz CT molecular complexity index is 1530. The van der Waals surface area contributed by atoms with Crippen molar-refractivity contribution in [1.29, 1.82) is 0 Å². The monoisotopic (exact) mass is 510 g/mol. The summed E-state index contributed by atoms with van der Waals surface area (Å²) in [6.07, 6.45) is -2.39. The number of rotatable bonds is 5. The second kappa shape index (κ2) is 10.4. The lowest BCUT2D eigenvalue weighted by Crippen LogP contribution is -2.24. The van der Waals surface area contributed by atoms with Gasteiger partial charge >= 0.3 is 6.18 Å². The maximum atomic E-state index is 14.1. The highest BCUT2D eigenvalue weighted by molar-refractivity contribution is 7.80. The molecule has 0 fully saturated rings. The van der Waals surface area contributed by atoms with Gasteiger partial charge in [-0.2, -0.15) is 13.2 Å². The molecule has 5 aromatic rings. The van der Waals surface area contributed by atoms with Crippen LogP contribution in [0.3, 0.4) is 0 Å². The third kappa shape index (κ3) is 4.97. The number of allylic oxidation sites excluding steroid dienone is 2. The van der Waals surface area contributed by atoms with Crippen LogP contribution in [0.25, 0.3) is 27.5 Å². The molecule has 0 unspecified atom stereocenters. The topological polar surface area (TPSA) is 0 Å². The molecule has 0 N–H and O–H groups in total. The third-order valence-electron chi connectivity index (χ3n) is 6.65. The van der Waals surface area contributed by atoms with Crippen LogP contribution in [0, 0.1) is 0 Å². The molecular weight excluding hydrogens is 484 g/mol. The lowest BCUT2D eigenvalue weighted by Gasteiger charge is -2.25. The maximum Gasteiger partial charge on any atom is 0.416 e. The van der Waals surface area contributed by atoms with Gasteiger partial charge in [-0.25, -0.2) is 0 Å². The minimum Gasteiger partial charge on any atom is -0.166 e. The Morgan fingerprint density at radius 3 is 1.89 bits per heavy atom. The predicted molar refractivity (Wildman–Crippen MR) is 152 cm³/mol. The summed E-state index contributed by atoms with van der Waals surface area (Å²) in [4.78, 5) is 0. The predicted octanol–water partition coefficient (Wildman–Crippen LogP) is 8.71. The van der Waals surface area contributed by atoms with Crippen molar-refractivity contribution < 1.29 is 13.2 Å². The van der Waals surface area contributed by atoms with Crippen LogP contribution in [-0.2, 0) is 6.18 Å². The van der Waals surface area contributed by atoms with Gasteiger partial charge in [-0.3, -0.25) is 0 Å². The summed E-state index contributed by atoms with van der Waals surface area (Å²) in [5, 5.41) is 4.80. The van der Waals surface area contributed by atoms with Crippen molar-refractivity contribution in [3.05, 3.63) is 132 Å². The van der Waals surface area contributed by atoms with Gasteiger partial charge in [-0.1, -0.05) is 109 Å². The van der Waals surface area contributed by atoms with Gasteiger partial charge in [-0.05, 0) is 82.9 Å². The van der Waals surface area contributed by atoms with Crippen molar-refractivity contribution in [2.75, 3.05) is 0 Å². The molecule has 4 heteroatoms. The molecule has 0 radical (unpaired) electrons. The first-order valence-corrected chi connectivity index (χ1v) is 13.5. The van der Waals surface area contributed by atoms with Crippen LogP contribution in [0.1, 0.15) is 25.0 Å². The zero-order valence-corrected chi connectivity index (χ0v) is 21.5. The van der Waals surface area contributed by atoms with E-state index in [1.807, 2.05) is 79.7 Å². The van der Waals surface area contributed by atoms with Crippen molar-refractivity contribution >= 4 is 40.2 Å². The van der Waals surface area contributed by atoms with Crippen LogP contribution in [0.5, 0.6) is 0 Å². The molecule has 0 heterocycles. The van der Waals surface area contributed by atoms with Crippen LogP contribution in [0.2, 0.25) is 0 Å². The molecule has 0 saturated heterocycles. The Morgan fingerprint density at radius 1 is 0.703 bits per heavy atom. The summed E-state index contributed by atoms with van der Waals surface area (Å²) in [6, 6.07) is 36.3. The minimum absolute atomic E-state index is 0.629. The zero-order valence-electron chi connectivity index (χ0n) is 20.6. The number of benzene rings is 5. The van der Waals surface area contributed by atoms with Gasteiger partial charge in [0.1, 0.15) is 0 Å². The lowest BCUT2D eigenvalue weighted by atomic mass is 9.89. The molecule has 0 aromatic heterocycles. The van der Waals surface area contributed by atoms with Crippen molar-refractivity contribution in [1.82, 2.24) is 0 Å². The second-order valence-corrected chi connectivity index (χ2v) is 11.1. The van der Waals surface area contributed by atoms with Crippen LogP contribution in [-0.4, -0.2) is 0 Å². The van der Waals surface area contributed by atoms with E-state index in [-0.39, 0.29) is 0 Å².